The minimum atomic E-state index is -1.02. The summed E-state index contributed by atoms with van der Waals surface area (Å²) in [5.74, 6) is -0.342. The standard InChI is InChI=1S/C15H12Cl2O2S/c1-9-2-3-10(14(17)6-9)8-20-11-4-5-13(16)12(7-11)15(18)19/h2-7H,8H2,1H3,(H,18,19). The van der Waals surface area contributed by atoms with Crippen molar-refractivity contribution in [3.63, 3.8) is 0 Å². The van der Waals surface area contributed by atoms with Crippen molar-refractivity contribution in [2.45, 2.75) is 17.6 Å². The van der Waals surface area contributed by atoms with Crippen molar-refractivity contribution in [3.05, 3.63) is 63.1 Å². The molecule has 2 aromatic rings. The lowest BCUT2D eigenvalue weighted by atomic mass is 10.2. The maximum atomic E-state index is 11.0. The second-order valence-corrected chi connectivity index (χ2v) is 6.19. The summed E-state index contributed by atoms with van der Waals surface area (Å²) < 4.78 is 0. The van der Waals surface area contributed by atoms with E-state index in [2.05, 4.69) is 0 Å². The molecule has 0 aliphatic heterocycles. The van der Waals surface area contributed by atoms with Crippen LogP contribution in [0.5, 0.6) is 0 Å². The van der Waals surface area contributed by atoms with Crippen molar-refractivity contribution < 1.29 is 9.90 Å². The molecular weight excluding hydrogens is 315 g/mol. The van der Waals surface area contributed by atoms with Gasteiger partial charge in [0, 0.05) is 15.7 Å². The molecule has 2 rings (SSSR count). The van der Waals surface area contributed by atoms with E-state index in [1.54, 1.807) is 12.1 Å². The van der Waals surface area contributed by atoms with Crippen LogP contribution in [0.25, 0.3) is 0 Å². The predicted molar refractivity (Wildman–Crippen MR) is 84.2 cm³/mol. The Morgan fingerprint density at radius 3 is 2.55 bits per heavy atom. The normalized spacial score (nSPS) is 10.6. The zero-order chi connectivity index (χ0) is 14.7. The number of rotatable bonds is 4. The number of benzene rings is 2. The Balaban J connectivity index is 2.15. The molecule has 0 heterocycles. The highest BCUT2D eigenvalue weighted by Gasteiger charge is 2.10. The van der Waals surface area contributed by atoms with Crippen LogP contribution in [0.4, 0.5) is 0 Å². The maximum absolute atomic E-state index is 11.0. The quantitative estimate of drug-likeness (QED) is 0.775. The fraction of sp³-hybridized carbons (Fsp3) is 0.133. The Hall–Kier alpha value is -1.16. The third-order valence-electron chi connectivity index (χ3n) is 2.77. The lowest BCUT2D eigenvalue weighted by Gasteiger charge is -2.07. The van der Waals surface area contributed by atoms with E-state index in [4.69, 9.17) is 28.3 Å². The number of aryl methyl sites for hydroxylation is 1. The number of thioether (sulfide) groups is 1. The molecule has 1 N–H and O–H groups in total. The highest BCUT2D eigenvalue weighted by Crippen LogP contribution is 2.29. The van der Waals surface area contributed by atoms with Crippen molar-refractivity contribution in [3.8, 4) is 0 Å². The number of carboxylic acids is 1. The van der Waals surface area contributed by atoms with Crippen molar-refractivity contribution >= 4 is 40.9 Å². The number of hydrogen-bond acceptors (Lipinski definition) is 2. The number of halogens is 2. The molecule has 0 aromatic heterocycles. The van der Waals surface area contributed by atoms with Gasteiger partial charge in [0.15, 0.2) is 0 Å². The molecule has 0 radical (unpaired) electrons. The Morgan fingerprint density at radius 2 is 1.90 bits per heavy atom. The van der Waals surface area contributed by atoms with Crippen LogP contribution in [-0.2, 0) is 5.75 Å². The van der Waals surface area contributed by atoms with Crippen LogP contribution in [0.15, 0.2) is 41.3 Å². The molecule has 0 atom stereocenters. The number of carbonyl (C=O) groups is 1. The zero-order valence-electron chi connectivity index (χ0n) is 10.7. The highest BCUT2D eigenvalue weighted by atomic mass is 35.5. The molecule has 0 saturated heterocycles. The van der Waals surface area contributed by atoms with Gasteiger partial charge < -0.3 is 5.11 Å². The summed E-state index contributed by atoms with van der Waals surface area (Å²) in [4.78, 5) is 11.9. The predicted octanol–water partition coefficient (Wildman–Crippen LogP) is 5.29. The van der Waals surface area contributed by atoms with E-state index in [1.807, 2.05) is 31.2 Å². The summed E-state index contributed by atoms with van der Waals surface area (Å²) in [6.45, 7) is 1.99. The fourth-order valence-electron chi connectivity index (χ4n) is 1.69. The van der Waals surface area contributed by atoms with Gasteiger partial charge in [-0.25, -0.2) is 4.79 Å². The highest BCUT2D eigenvalue weighted by molar-refractivity contribution is 7.98. The van der Waals surface area contributed by atoms with Crippen molar-refractivity contribution in [2.24, 2.45) is 0 Å². The summed E-state index contributed by atoms with van der Waals surface area (Å²) in [6.07, 6.45) is 0. The molecule has 0 fully saturated rings. The van der Waals surface area contributed by atoms with Gasteiger partial charge in [-0.15, -0.1) is 11.8 Å². The van der Waals surface area contributed by atoms with Gasteiger partial charge in [0.2, 0.25) is 0 Å². The molecule has 0 aliphatic rings. The van der Waals surface area contributed by atoms with E-state index in [0.29, 0.717) is 5.75 Å². The maximum Gasteiger partial charge on any atom is 0.337 e. The first-order chi connectivity index (χ1) is 9.47. The molecule has 20 heavy (non-hydrogen) atoms. The molecule has 5 heteroatoms. The zero-order valence-corrected chi connectivity index (χ0v) is 13.0. The van der Waals surface area contributed by atoms with Gasteiger partial charge >= 0.3 is 5.97 Å². The molecule has 104 valence electrons. The average Bonchev–Trinajstić information content (AvgIpc) is 2.39. The van der Waals surface area contributed by atoms with E-state index in [1.165, 1.54) is 11.8 Å². The largest absolute Gasteiger partial charge is 0.478 e. The van der Waals surface area contributed by atoms with Gasteiger partial charge in [-0.1, -0.05) is 35.3 Å². The second kappa shape index (κ2) is 6.53. The van der Waals surface area contributed by atoms with E-state index >= 15 is 0 Å². The molecule has 2 nitrogen and oxygen atoms in total. The van der Waals surface area contributed by atoms with Crippen molar-refractivity contribution in [1.29, 1.82) is 0 Å². The molecule has 0 spiro atoms. The molecular formula is C15H12Cl2O2S. The van der Waals surface area contributed by atoms with Crippen LogP contribution in [0.3, 0.4) is 0 Å². The van der Waals surface area contributed by atoms with E-state index in [-0.39, 0.29) is 10.6 Å². The van der Waals surface area contributed by atoms with Crippen LogP contribution < -0.4 is 0 Å². The van der Waals surface area contributed by atoms with Crippen molar-refractivity contribution in [1.82, 2.24) is 0 Å². The summed E-state index contributed by atoms with van der Waals surface area (Å²) >= 11 is 13.5. The monoisotopic (exact) mass is 326 g/mol. The minimum Gasteiger partial charge on any atom is -0.478 e. The summed E-state index contributed by atoms with van der Waals surface area (Å²) in [6, 6.07) is 10.9. The lowest BCUT2D eigenvalue weighted by Crippen LogP contribution is -1.97. The van der Waals surface area contributed by atoms with E-state index < -0.39 is 5.97 Å². The molecule has 0 amide bonds. The second-order valence-electron chi connectivity index (χ2n) is 4.33. The number of aromatic carboxylic acids is 1. The first kappa shape index (κ1) is 15.2. The lowest BCUT2D eigenvalue weighted by molar-refractivity contribution is 0.0697. The van der Waals surface area contributed by atoms with Gasteiger partial charge in [-0.2, -0.15) is 0 Å². The van der Waals surface area contributed by atoms with Gasteiger partial charge in [-0.3, -0.25) is 0 Å². The van der Waals surface area contributed by atoms with E-state index in [0.717, 1.165) is 21.0 Å². The Kier molecular flexibility index (Phi) is 4.97. The van der Waals surface area contributed by atoms with Crippen LogP contribution >= 0.6 is 35.0 Å². The molecule has 2 aromatic carbocycles. The summed E-state index contributed by atoms with van der Waals surface area (Å²) in [5, 5.41) is 10.0. The Labute approximate surface area is 131 Å². The first-order valence-corrected chi connectivity index (χ1v) is 7.62. The van der Waals surface area contributed by atoms with Gasteiger partial charge in [0.05, 0.1) is 10.6 Å². The molecule has 0 aliphatic carbocycles. The van der Waals surface area contributed by atoms with Crippen LogP contribution in [-0.4, -0.2) is 11.1 Å². The third kappa shape index (κ3) is 3.69. The third-order valence-corrected chi connectivity index (χ3v) is 4.50. The van der Waals surface area contributed by atoms with Crippen LogP contribution in [0.2, 0.25) is 10.0 Å². The van der Waals surface area contributed by atoms with E-state index in [9.17, 15) is 4.79 Å². The average molecular weight is 327 g/mol. The van der Waals surface area contributed by atoms with Gasteiger partial charge in [-0.05, 0) is 42.3 Å². The fourth-order valence-corrected chi connectivity index (χ4v) is 3.21. The summed E-state index contributed by atoms with van der Waals surface area (Å²) in [7, 11) is 0. The summed E-state index contributed by atoms with van der Waals surface area (Å²) in [5.41, 5.74) is 2.25. The molecule has 0 bridgehead atoms. The van der Waals surface area contributed by atoms with Gasteiger partial charge in [0.1, 0.15) is 0 Å². The Morgan fingerprint density at radius 1 is 1.15 bits per heavy atom. The molecule has 0 unspecified atom stereocenters. The molecule has 0 saturated carbocycles. The van der Waals surface area contributed by atoms with Gasteiger partial charge in [0.25, 0.3) is 0 Å². The first-order valence-electron chi connectivity index (χ1n) is 5.88. The Bertz CT molecular complexity index is 656. The SMILES string of the molecule is Cc1ccc(CSc2ccc(Cl)c(C(=O)O)c2)c(Cl)c1. The topological polar surface area (TPSA) is 37.3 Å². The van der Waals surface area contributed by atoms with Crippen LogP contribution in [0.1, 0.15) is 21.5 Å². The van der Waals surface area contributed by atoms with Crippen molar-refractivity contribution in [2.75, 3.05) is 0 Å². The number of carboxylic acid groups (broad SMARTS) is 1. The number of hydrogen-bond donors (Lipinski definition) is 1. The van der Waals surface area contributed by atoms with Crippen LogP contribution in [0, 0.1) is 6.92 Å². The minimum absolute atomic E-state index is 0.117. The smallest absolute Gasteiger partial charge is 0.337 e.